The fraction of sp³-hybridized carbons (Fsp3) is 0.400. The van der Waals surface area contributed by atoms with Gasteiger partial charge in [0.1, 0.15) is 6.21 Å². The summed E-state index contributed by atoms with van der Waals surface area (Å²) in [6.45, 7) is 5.90. The molecule has 0 aromatic carbocycles. The van der Waals surface area contributed by atoms with E-state index in [1.165, 1.54) is 4.68 Å². The summed E-state index contributed by atoms with van der Waals surface area (Å²) in [4.78, 5) is 4.04. The van der Waals surface area contributed by atoms with Crippen LogP contribution in [0.25, 0.3) is 5.53 Å². The SMILES string of the molecule is C=[N+]1CN=C(C)C=N[N-]1. The summed E-state index contributed by atoms with van der Waals surface area (Å²) in [6, 6.07) is 0. The zero-order valence-electron chi connectivity index (χ0n) is 5.28. The lowest BCUT2D eigenvalue weighted by Crippen LogP contribution is -2.00. The maximum Gasteiger partial charge on any atom is 0.167 e. The van der Waals surface area contributed by atoms with E-state index in [0.29, 0.717) is 6.67 Å². The van der Waals surface area contributed by atoms with Crippen molar-refractivity contribution in [3.05, 3.63) is 5.53 Å². The van der Waals surface area contributed by atoms with Gasteiger partial charge in [0.2, 0.25) is 0 Å². The van der Waals surface area contributed by atoms with Gasteiger partial charge < -0.3 is 10.2 Å². The minimum atomic E-state index is 0.492. The average Bonchev–Trinajstić information content (AvgIpc) is 1.97. The number of nitrogens with zero attached hydrogens (tertiary/aromatic N) is 4. The van der Waals surface area contributed by atoms with Gasteiger partial charge >= 0.3 is 0 Å². The van der Waals surface area contributed by atoms with Gasteiger partial charge in [0.15, 0.2) is 6.67 Å². The largest absolute Gasteiger partial charge is 0.311 e. The van der Waals surface area contributed by atoms with E-state index in [1.54, 1.807) is 6.21 Å². The van der Waals surface area contributed by atoms with E-state index in [9.17, 15) is 0 Å². The Balaban J connectivity index is 2.69. The van der Waals surface area contributed by atoms with Crippen molar-refractivity contribution in [1.29, 1.82) is 0 Å². The van der Waals surface area contributed by atoms with Crippen LogP contribution in [0, 0.1) is 0 Å². The number of aliphatic imine (C=N–C) groups is 1. The van der Waals surface area contributed by atoms with Gasteiger partial charge in [-0.2, -0.15) is 5.10 Å². The molecule has 0 radical (unpaired) electrons. The summed E-state index contributed by atoms with van der Waals surface area (Å²) in [5.74, 6) is 0. The quantitative estimate of drug-likeness (QED) is 0.420. The van der Waals surface area contributed by atoms with Gasteiger partial charge in [-0.1, -0.05) is 0 Å². The Labute approximate surface area is 53.6 Å². The topological polar surface area (TPSA) is 41.8 Å². The lowest BCUT2D eigenvalue weighted by molar-refractivity contribution is -0.467. The molecule has 0 saturated carbocycles. The molecule has 0 N–H and O–H groups in total. The molecule has 0 amide bonds. The first-order valence-corrected chi connectivity index (χ1v) is 2.62. The van der Waals surface area contributed by atoms with E-state index in [2.05, 4.69) is 22.3 Å². The highest BCUT2D eigenvalue weighted by Gasteiger charge is 1.91. The Bertz CT molecular complexity index is 179. The molecule has 1 heterocycles. The third-order valence-electron chi connectivity index (χ3n) is 0.906. The Hall–Kier alpha value is -1.19. The molecule has 0 fully saturated rings. The van der Waals surface area contributed by atoms with E-state index in [1.807, 2.05) is 6.92 Å². The van der Waals surface area contributed by atoms with E-state index in [0.717, 1.165) is 5.71 Å². The summed E-state index contributed by atoms with van der Waals surface area (Å²) in [5.41, 5.74) is 4.53. The van der Waals surface area contributed by atoms with Crippen molar-refractivity contribution in [2.24, 2.45) is 10.1 Å². The van der Waals surface area contributed by atoms with Crippen LogP contribution < -0.4 is 0 Å². The molecule has 0 atom stereocenters. The molecule has 0 aliphatic carbocycles. The molecule has 0 bridgehead atoms. The van der Waals surface area contributed by atoms with Gasteiger partial charge in [-0.05, 0) is 6.92 Å². The minimum absolute atomic E-state index is 0.492. The number of rotatable bonds is 0. The van der Waals surface area contributed by atoms with E-state index < -0.39 is 0 Å². The number of hydrogen-bond acceptors (Lipinski definition) is 2. The van der Waals surface area contributed by atoms with Crippen LogP contribution >= 0.6 is 0 Å². The Morgan fingerprint density at radius 2 is 2.67 bits per heavy atom. The lowest BCUT2D eigenvalue weighted by Gasteiger charge is -2.04. The van der Waals surface area contributed by atoms with Crippen molar-refractivity contribution < 1.29 is 4.68 Å². The van der Waals surface area contributed by atoms with Crippen molar-refractivity contribution in [2.45, 2.75) is 6.92 Å². The van der Waals surface area contributed by atoms with Crippen LogP contribution in [0.5, 0.6) is 0 Å². The van der Waals surface area contributed by atoms with Crippen molar-refractivity contribution >= 4 is 18.6 Å². The second-order valence-corrected chi connectivity index (χ2v) is 1.78. The zero-order chi connectivity index (χ0) is 6.69. The summed E-state index contributed by atoms with van der Waals surface area (Å²) in [6.07, 6.45) is 1.60. The first-order valence-electron chi connectivity index (χ1n) is 2.62. The van der Waals surface area contributed by atoms with Crippen LogP contribution in [0.2, 0.25) is 0 Å². The monoisotopic (exact) mass is 124 g/mol. The first-order chi connectivity index (χ1) is 4.29. The Kier molecular flexibility index (Phi) is 1.58. The second-order valence-electron chi connectivity index (χ2n) is 1.78. The molecular formula is C5H8N4. The van der Waals surface area contributed by atoms with E-state index >= 15 is 0 Å². The van der Waals surface area contributed by atoms with Gasteiger partial charge in [0, 0.05) is 6.72 Å². The van der Waals surface area contributed by atoms with Crippen LogP contribution in [0.4, 0.5) is 0 Å². The van der Waals surface area contributed by atoms with Crippen LogP contribution in [-0.4, -0.2) is 30.0 Å². The van der Waals surface area contributed by atoms with Gasteiger partial charge in [-0.3, -0.25) is 0 Å². The minimum Gasteiger partial charge on any atom is -0.311 e. The second kappa shape index (κ2) is 2.39. The predicted molar refractivity (Wildman–Crippen MR) is 37.2 cm³/mol. The summed E-state index contributed by atoms with van der Waals surface area (Å²) >= 11 is 0. The molecule has 0 saturated heterocycles. The van der Waals surface area contributed by atoms with Gasteiger partial charge in [-0.15, -0.1) is 0 Å². The molecule has 1 rings (SSSR count). The molecule has 4 heteroatoms. The van der Waals surface area contributed by atoms with Crippen LogP contribution in [0.3, 0.4) is 0 Å². The molecule has 9 heavy (non-hydrogen) atoms. The van der Waals surface area contributed by atoms with E-state index in [4.69, 9.17) is 0 Å². The van der Waals surface area contributed by atoms with Crippen molar-refractivity contribution in [3.8, 4) is 0 Å². The zero-order valence-corrected chi connectivity index (χ0v) is 5.28. The molecule has 4 nitrogen and oxygen atoms in total. The highest BCUT2D eigenvalue weighted by atomic mass is 15.6. The smallest absolute Gasteiger partial charge is 0.167 e. The molecule has 0 aromatic heterocycles. The fourth-order valence-corrected chi connectivity index (χ4v) is 0.445. The summed E-state index contributed by atoms with van der Waals surface area (Å²) < 4.78 is 1.42. The highest BCUT2D eigenvalue weighted by molar-refractivity contribution is 6.29. The van der Waals surface area contributed by atoms with Gasteiger partial charge in [0.25, 0.3) is 0 Å². The van der Waals surface area contributed by atoms with Crippen molar-refractivity contribution in [3.63, 3.8) is 0 Å². The molecule has 48 valence electrons. The maximum absolute atomic E-state index is 4.04. The number of hydrogen-bond donors (Lipinski definition) is 0. The normalized spacial score (nSPS) is 18.3. The van der Waals surface area contributed by atoms with E-state index in [-0.39, 0.29) is 0 Å². The molecule has 0 spiro atoms. The van der Waals surface area contributed by atoms with Crippen LogP contribution in [0.15, 0.2) is 10.1 Å². The fourth-order valence-electron chi connectivity index (χ4n) is 0.445. The van der Waals surface area contributed by atoms with Gasteiger partial charge in [0.05, 0.1) is 5.71 Å². The average molecular weight is 124 g/mol. The van der Waals surface area contributed by atoms with Crippen LogP contribution in [0.1, 0.15) is 6.92 Å². The van der Waals surface area contributed by atoms with Crippen molar-refractivity contribution in [1.82, 2.24) is 0 Å². The summed E-state index contributed by atoms with van der Waals surface area (Å²) in [5, 5.41) is 3.67. The van der Waals surface area contributed by atoms with Crippen molar-refractivity contribution in [2.75, 3.05) is 6.67 Å². The maximum atomic E-state index is 4.04. The Morgan fingerprint density at radius 1 is 1.89 bits per heavy atom. The highest BCUT2D eigenvalue weighted by Crippen LogP contribution is 1.92. The third-order valence-corrected chi connectivity index (χ3v) is 0.906. The summed E-state index contributed by atoms with van der Waals surface area (Å²) in [7, 11) is 0. The molecule has 0 aromatic rings. The molecular weight excluding hydrogens is 116 g/mol. The first kappa shape index (κ1) is 5.94. The molecule has 0 unspecified atom stereocenters. The van der Waals surface area contributed by atoms with Crippen LogP contribution in [-0.2, 0) is 0 Å². The standard InChI is InChI=1S/C5H8N4/c1-5-3-7-8-9(2)4-6-5/h3H,2,4H2,1H3. The molecule has 1 aliphatic rings. The molecule has 1 aliphatic heterocycles. The Morgan fingerprint density at radius 3 is 3.44 bits per heavy atom. The third kappa shape index (κ3) is 1.64. The predicted octanol–water partition coefficient (Wildman–Crippen LogP) is 0.406. The van der Waals surface area contributed by atoms with Gasteiger partial charge in [-0.25, -0.2) is 4.99 Å². The lowest BCUT2D eigenvalue weighted by atomic mass is 10.5.